The Balaban J connectivity index is 1.10. The van der Waals surface area contributed by atoms with E-state index >= 15 is 0 Å². The highest BCUT2D eigenvalue weighted by atomic mass is 32.2. The largest absolute Gasteiger partial charge is 0.497 e. The monoisotopic (exact) mass is 518 g/mol. The Labute approximate surface area is 218 Å². The number of thioether (sulfide) groups is 1. The lowest BCUT2D eigenvalue weighted by atomic mass is 10.1. The van der Waals surface area contributed by atoms with Crippen LogP contribution >= 0.6 is 23.1 Å². The molecule has 5 rings (SSSR count). The SMILES string of the molecule is COc1cccc(C(=O)N2CCN(c3ccc(NC(=O)CSc4nc5ccccc5s4)cc3)CC2)c1. The van der Waals surface area contributed by atoms with E-state index in [-0.39, 0.29) is 11.8 Å². The van der Waals surface area contributed by atoms with Crippen LogP contribution in [0.2, 0.25) is 0 Å². The molecule has 4 aromatic rings. The Morgan fingerprint density at radius 3 is 2.53 bits per heavy atom. The van der Waals surface area contributed by atoms with Gasteiger partial charge in [-0.15, -0.1) is 11.3 Å². The zero-order valence-electron chi connectivity index (χ0n) is 19.8. The number of fused-ring (bicyclic) bond motifs is 1. The van der Waals surface area contributed by atoms with Gasteiger partial charge in [0.2, 0.25) is 5.91 Å². The van der Waals surface area contributed by atoms with Crippen LogP contribution in [0.25, 0.3) is 10.2 Å². The maximum absolute atomic E-state index is 12.9. The van der Waals surface area contributed by atoms with E-state index in [9.17, 15) is 9.59 Å². The maximum atomic E-state index is 12.9. The molecule has 3 aromatic carbocycles. The first kappa shape index (κ1) is 24.1. The maximum Gasteiger partial charge on any atom is 0.254 e. The van der Waals surface area contributed by atoms with Gasteiger partial charge in [-0.1, -0.05) is 30.0 Å². The van der Waals surface area contributed by atoms with E-state index in [2.05, 4.69) is 15.2 Å². The summed E-state index contributed by atoms with van der Waals surface area (Å²) in [6.45, 7) is 2.80. The van der Waals surface area contributed by atoms with Crippen molar-refractivity contribution in [2.45, 2.75) is 4.34 Å². The molecule has 1 fully saturated rings. The number of aromatic nitrogens is 1. The Kier molecular flexibility index (Phi) is 7.39. The summed E-state index contributed by atoms with van der Waals surface area (Å²) in [6.07, 6.45) is 0. The predicted molar refractivity (Wildman–Crippen MR) is 147 cm³/mol. The van der Waals surface area contributed by atoms with Crippen molar-refractivity contribution < 1.29 is 14.3 Å². The van der Waals surface area contributed by atoms with Crippen molar-refractivity contribution in [2.75, 3.05) is 49.3 Å². The van der Waals surface area contributed by atoms with E-state index in [1.807, 2.05) is 71.6 Å². The van der Waals surface area contributed by atoms with E-state index in [1.54, 1.807) is 24.5 Å². The van der Waals surface area contributed by atoms with Crippen LogP contribution in [0, 0.1) is 0 Å². The number of carbonyl (C=O) groups excluding carboxylic acids is 2. The van der Waals surface area contributed by atoms with Crippen molar-refractivity contribution in [2.24, 2.45) is 0 Å². The number of thiazole rings is 1. The number of para-hydroxylation sites is 1. The number of hydrogen-bond acceptors (Lipinski definition) is 7. The topological polar surface area (TPSA) is 74.8 Å². The average molecular weight is 519 g/mol. The minimum absolute atomic E-state index is 0.0235. The molecule has 0 spiro atoms. The lowest BCUT2D eigenvalue weighted by Gasteiger charge is -2.36. The normalized spacial score (nSPS) is 13.6. The van der Waals surface area contributed by atoms with Crippen molar-refractivity contribution in [1.82, 2.24) is 9.88 Å². The number of piperazine rings is 1. The number of nitrogens with one attached hydrogen (secondary N) is 1. The molecule has 0 saturated carbocycles. The number of anilines is 2. The lowest BCUT2D eigenvalue weighted by molar-refractivity contribution is -0.113. The van der Waals surface area contributed by atoms with Gasteiger partial charge in [-0.05, 0) is 54.6 Å². The third-order valence-electron chi connectivity index (χ3n) is 6.00. The minimum Gasteiger partial charge on any atom is -0.497 e. The van der Waals surface area contributed by atoms with E-state index in [1.165, 1.54) is 11.8 Å². The fourth-order valence-corrected chi connectivity index (χ4v) is 5.97. The molecule has 36 heavy (non-hydrogen) atoms. The molecule has 9 heteroatoms. The van der Waals surface area contributed by atoms with Crippen molar-refractivity contribution >= 4 is 56.5 Å². The third-order valence-corrected chi connectivity index (χ3v) is 8.18. The highest BCUT2D eigenvalue weighted by Gasteiger charge is 2.22. The fraction of sp³-hybridized carbons (Fsp3) is 0.222. The summed E-state index contributed by atoms with van der Waals surface area (Å²) in [6, 6.07) is 23.1. The van der Waals surface area contributed by atoms with Crippen LogP contribution in [0.1, 0.15) is 10.4 Å². The van der Waals surface area contributed by atoms with E-state index in [4.69, 9.17) is 4.74 Å². The molecule has 2 amide bonds. The fourth-order valence-electron chi connectivity index (χ4n) is 4.10. The van der Waals surface area contributed by atoms with Crippen LogP contribution in [-0.2, 0) is 4.79 Å². The summed E-state index contributed by atoms with van der Waals surface area (Å²) in [7, 11) is 1.60. The van der Waals surface area contributed by atoms with Crippen LogP contribution in [0.3, 0.4) is 0 Å². The lowest BCUT2D eigenvalue weighted by Crippen LogP contribution is -2.48. The molecular formula is C27H26N4O3S2. The predicted octanol–water partition coefficient (Wildman–Crippen LogP) is 5.00. The standard InChI is InChI=1S/C27H26N4O3S2/c1-34-22-6-4-5-19(17-22)26(33)31-15-13-30(14-16-31)21-11-9-20(10-12-21)28-25(32)18-35-27-29-23-7-2-3-8-24(23)36-27/h2-12,17H,13-16,18H2,1H3,(H,28,32). The number of ether oxygens (including phenoxy) is 1. The number of carbonyl (C=O) groups is 2. The molecule has 0 bridgehead atoms. The first-order valence-corrected chi connectivity index (χ1v) is 13.5. The summed E-state index contributed by atoms with van der Waals surface area (Å²) < 4.78 is 7.26. The highest BCUT2D eigenvalue weighted by Crippen LogP contribution is 2.29. The third kappa shape index (κ3) is 5.63. The summed E-state index contributed by atoms with van der Waals surface area (Å²) in [5.41, 5.74) is 3.45. The van der Waals surface area contributed by atoms with Gasteiger partial charge in [0.15, 0.2) is 4.34 Å². The van der Waals surface area contributed by atoms with E-state index in [0.29, 0.717) is 30.2 Å². The van der Waals surface area contributed by atoms with Crippen molar-refractivity contribution in [1.29, 1.82) is 0 Å². The van der Waals surface area contributed by atoms with Crippen LogP contribution in [-0.4, -0.2) is 60.7 Å². The molecular weight excluding hydrogens is 492 g/mol. The van der Waals surface area contributed by atoms with Crippen molar-refractivity contribution in [3.8, 4) is 5.75 Å². The smallest absolute Gasteiger partial charge is 0.254 e. The van der Waals surface area contributed by atoms with Crippen LogP contribution < -0.4 is 15.0 Å². The Hall–Kier alpha value is -3.56. The quantitative estimate of drug-likeness (QED) is 0.347. The number of rotatable bonds is 7. The first-order valence-electron chi connectivity index (χ1n) is 11.7. The summed E-state index contributed by atoms with van der Waals surface area (Å²) in [4.78, 5) is 34.0. The van der Waals surface area contributed by atoms with Gasteiger partial charge in [-0.2, -0.15) is 0 Å². The van der Waals surface area contributed by atoms with Gasteiger partial charge in [-0.25, -0.2) is 4.98 Å². The van der Waals surface area contributed by atoms with Gasteiger partial charge in [-0.3, -0.25) is 9.59 Å². The number of nitrogens with zero attached hydrogens (tertiary/aromatic N) is 3. The van der Waals surface area contributed by atoms with Crippen LogP contribution in [0.15, 0.2) is 77.1 Å². The molecule has 1 N–H and O–H groups in total. The molecule has 1 aromatic heterocycles. The Morgan fingerprint density at radius 2 is 1.78 bits per heavy atom. The van der Waals surface area contributed by atoms with Crippen LogP contribution in [0.4, 0.5) is 11.4 Å². The molecule has 1 saturated heterocycles. The molecule has 0 atom stereocenters. The molecule has 184 valence electrons. The molecule has 1 aliphatic heterocycles. The zero-order chi connectivity index (χ0) is 24.9. The summed E-state index contributed by atoms with van der Waals surface area (Å²) >= 11 is 3.05. The molecule has 2 heterocycles. The van der Waals surface area contributed by atoms with E-state index < -0.39 is 0 Å². The molecule has 0 aliphatic carbocycles. The second-order valence-electron chi connectivity index (χ2n) is 8.34. The number of methoxy groups -OCH3 is 1. The highest BCUT2D eigenvalue weighted by molar-refractivity contribution is 8.01. The second-order valence-corrected chi connectivity index (χ2v) is 10.6. The molecule has 0 radical (unpaired) electrons. The second kappa shape index (κ2) is 11.0. The minimum atomic E-state index is -0.0586. The molecule has 7 nitrogen and oxygen atoms in total. The molecule has 0 unspecified atom stereocenters. The van der Waals surface area contributed by atoms with Gasteiger partial charge in [0.25, 0.3) is 5.91 Å². The van der Waals surface area contributed by atoms with Gasteiger partial charge in [0.05, 0.1) is 23.1 Å². The zero-order valence-corrected chi connectivity index (χ0v) is 21.5. The Bertz CT molecular complexity index is 1330. The number of benzene rings is 3. The van der Waals surface area contributed by atoms with Crippen molar-refractivity contribution in [3.05, 3.63) is 78.4 Å². The van der Waals surface area contributed by atoms with Gasteiger partial charge in [0.1, 0.15) is 5.75 Å². The summed E-state index contributed by atoms with van der Waals surface area (Å²) in [5, 5.41) is 2.96. The van der Waals surface area contributed by atoms with Gasteiger partial charge >= 0.3 is 0 Å². The van der Waals surface area contributed by atoms with Crippen LogP contribution in [0.5, 0.6) is 5.75 Å². The first-order chi connectivity index (χ1) is 17.6. The molecule has 1 aliphatic rings. The number of amides is 2. The Morgan fingerprint density at radius 1 is 1.00 bits per heavy atom. The van der Waals surface area contributed by atoms with Gasteiger partial charge in [0, 0.05) is 43.1 Å². The van der Waals surface area contributed by atoms with Gasteiger partial charge < -0.3 is 19.9 Å². The summed E-state index contributed by atoms with van der Waals surface area (Å²) in [5.74, 6) is 0.958. The van der Waals surface area contributed by atoms with E-state index in [0.717, 1.165) is 39.0 Å². The average Bonchev–Trinajstić information content (AvgIpc) is 3.35. The van der Waals surface area contributed by atoms with Crippen molar-refractivity contribution in [3.63, 3.8) is 0 Å². The number of hydrogen-bond donors (Lipinski definition) is 1.